The third-order valence-corrected chi connectivity index (χ3v) is 2.41. The molecule has 0 bridgehead atoms. The Kier molecular flexibility index (Phi) is 3.53. The normalized spacial score (nSPS) is 10.1. The number of hydrogen-bond donors (Lipinski definition) is 1. The van der Waals surface area contributed by atoms with E-state index in [0.29, 0.717) is 18.7 Å². The fourth-order valence-corrected chi connectivity index (χ4v) is 1.53. The van der Waals surface area contributed by atoms with Crippen LogP contribution in [0.1, 0.15) is 11.4 Å². The minimum absolute atomic E-state index is 0.0481. The average molecular weight is 245 g/mol. The molecule has 92 valence electrons. The smallest absolute Gasteiger partial charge is 0.152 e. The molecule has 18 heavy (non-hydrogen) atoms. The molecule has 0 saturated carbocycles. The molecule has 5 nitrogen and oxygen atoms in total. The summed E-state index contributed by atoms with van der Waals surface area (Å²) in [6, 6.07) is 6.22. The summed E-state index contributed by atoms with van der Waals surface area (Å²) in [6.07, 6.45) is 2.29. The Morgan fingerprint density at radius 2 is 2.33 bits per heavy atom. The predicted molar refractivity (Wildman–Crippen MR) is 64.3 cm³/mol. The number of hydrogen-bond acceptors (Lipinski definition) is 4. The second kappa shape index (κ2) is 5.27. The summed E-state index contributed by atoms with van der Waals surface area (Å²) in [5, 5.41) is 15.8. The number of halogens is 1. The van der Waals surface area contributed by atoms with Gasteiger partial charge in [0.25, 0.3) is 0 Å². The van der Waals surface area contributed by atoms with E-state index in [1.54, 1.807) is 30.2 Å². The van der Waals surface area contributed by atoms with E-state index < -0.39 is 5.82 Å². The molecule has 1 N–H and O–H groups in total. The monoisotopic (exact) mass is 245 g/mol. The Morgan fingerprint density at radius 1 is 1.50 bits per heavy atom. The molecule has 2 rings (SSSR count). The molecule has 0 aliphatic heterocycles. The highest BCUT2D eigenvalue weighted by Crippen LogP contribution is 2.13. The third-order valence-electron chi connectivity index (χ3n) is 2.41. The van der Waals surface area contributed by atoms with Crippen molar-refractivity contribution in [3.05, 3.63) is 41.7 Å². The first-order chi connectivity index (χ1) is 8.69. The van der Waals surface area contributed by atoms with Crippen LogP contribution in [-0.2, 0) is 13.5 Å². The number of benzene rings is 1. The Bertz CT molecular complexity index is 584. The van der Waals surface area contributed by atoms with Gasteiger partial charge in [-0.3, -0.25) is 4.68 Å². The standard InChI is InChI=1S/C12H12FN5/c1-18-8-16-12(17-18)4-5-15-10-3-2-9(7-14)11(13)6-10/h2-3,6,8,15H,4-5H2,1H3. The van der Waals surface area contributed by atoms with Crippen LogP contribution < -0.4 is 5.32 Å². The van der Waals surface area contributed by atoms with E-state index in [1.165, 1.54) is 12.1 Å². The molecule has 2 aromatic rings. The van der Waals surface area contributed by atoms with Gasteiger partial charge in [0.1, 0.15) is 18.2 Å². The lowest BCUT2D eigenvalue weighted by atomic mass is 10.2. The third kappa shape index (κ3) is 2.83. The zero-order chi connectivity index (χ0) is 13.0. The summed E-state index contributed by atoms with van der Waals surface area (Å²) in [6.45, 7) is 0.607. The van der Waals surface area contributed by atoms with Crippen molar-refractivity contribution in [3.63, 3.8) is 0 Å². The number of nitrogens with zero attached hydrogens (tertiary/aromatic N) is 4. The molecule has 1 aromatic carbocycles. The van der Waals surface area contributed by atoms with E-state index >= 15 is 0 Å². The highest BCUT2D eigenvalue weighted by molar-refractivity contribution is 5.48. The minimum atomic E-state index is -0.515. The molecular formula is C12H12FN5. The first-order valence-electron chi connectivity index (χ1n) is 5.47. The first-order valence-corrected chi connectivity index (χ1v) is 5.47. The molecule has 0 aliphatic carbocycles. The van der Waals surface area contributed by atoms with Crippen LogP contribution in [0.5, 0.6) is 0 Å². The topological polar surface area (TPSA) is 66.5 Å². The SMILES string of the molecule is Cn1cnc(CCNc2ccc(C#N)c(F)c2)n1. The number of aryl methyl sites for hydroxylation is 1. The van der Waals surface area contributed by atoms with E-state index in [1.807, 2.05) is 0 Å². The highest BCUT2D eigenvalue weighted by atomic mass is 19.1. The van der Waals surface area contributed by atoms with Crippen molar-refractivity contribution >= 4 is 5.69 Å². The van der Waals surface area contributed by atoms with Crippen LogP contribution in [0, 0.1) is 17.1 Å². The fraction of sp³-hybridized carbons (Fsp3) is 0.250. The Hall–Kier alpha value is -2.42. The van der Waals surface area contributed by atoms with Crippen LogP contribution in [0.4, 0.5) is 10.1 Å². The lowest BCUT2D eigenvalue weighted by molar-refractivity contribution is 0.624. The molecule has 1 aromatic heterocycles. The van der Waals surface area contributed by atoms with Crippen molar-refractivity contribution in [1.82, 2.24) is 14.8 Å². The van der Waals surface area contributed by atoms with Gasteiger partial charge in [0, 0.05) is 25.7 Å². The molecule has 0 radical (unpaired) electrons. The Morgan fingerprint density at radius 3 is 2.94 bits per heavy atom. The van der Waals surface area contributed by atoms with Crippen molar-refractivity contribution in [2.45, 2.75) is 6.42 Å². The fourth-order valence-electron chi connectivity index (χ4n) is 1.53. The van der Waals surface area contributed by atoms with Crippen molar-refractivity contribution < 1.29 is 4.39 Å². The molecule has 0 fully saturated rings. The number of nitriles is 1. The maximum absolute atomic E-state index is 13.3. The van der Waals surface area contributed by atoms with Crippen molar-refractivity contribution in [3.8, 4) is 6.07 Å². The number of rotatable bonds is 4. The van der Waals surface area contributed by atoms with Crippen LogP contribution in [0.2, 0.25) is 0 Å². The van der Waals surface area contributed by atoms with Crippen LogP contribution in [0.15, 0.2) is 24.5 Å². The molecule has 0 aliphatic rings. The second-order valence-corrected chi connectivity index (χ2v) is 3.82. The maximum Gasteiger partial charge on any atom is 0.152 e. The average Bonchev–Trinajstić information content (AvgIpc) is 2.75. The summed E-state index contributed by atoms with van der Waals surface area (Å²) in [4.78, 5) is 4.09. The molecule has 1 heterocycles. The van der Waals surface area contributed by atoms with Crippen molar-refractivity contribution in [2.24, 2.45) is 7.05 Å². The van der Waals surface area contributed by atoms with Crippen LogP contribution in [-0.4, -0.2) is 21.3 Å². The molecule has 0 spiro atoms. The molecule has 6 heteroatoms. The van der Waals surface area contributed by atoms with E-state index in [-0.39, 0.29) is 5.56 Å². The van der Waals surface area contributed by atoms with Crippen molar-refractivity contribution in [2.75, 3.05) is 11.9 Å². The van der Waals surface area contributed by atoms with Gasteiger partial charge in [0.2, 0.25) is 0 Å². The van der Waals surface area contributed by atoms with Gasteiger partial charge in [0.15, 0.2) is 5.82 Å². The largest absolute Gasteiger partial charge is 0.385 e. The molecule has 0 atom stereocenters. The van der Waals surface area contributed by atoms with Gasteiger partial charge in [0.05, 0.1) is 5.56 Å². The second-order valence-electron chi connectivity index (χ2n) is 3.82. The van der Waals surface area contributed by atoms with Crippen LogP contribution in [0.25, 0.3) is 0 Å². The van der Waals surface area contributed by atoms with Gasteiger partial charge in [-0.15, -0.1) is 0 Å². The van der Waals surface area contributed by atoms with Gasteiger partial charge < -0.3 is 5.32 Å². The summed E-state index contributed by atoms with van der Waals surface area (Å²) in [5.74, 6) is 0.220. The minimum Gasteiger partial charge on any atom is -0.385 e. The first kappa shape index (κ1) is 12.0. The van der Waals surface area contributed by atoms with Gasteiger partial charge in [-0.25, -0.2) is 9.37 Å². The summed E-state index contributed by atoms with van der Waals surface area (Å²) in [7, 11) is 1.81. The van der Waals surface area contributed by atoms with E-state index in [0.717, 1.165) is 5.82 Å². The van der Waals surface area contributed by atoms with E-state index in [4.69, 9.17) is 5.26 Å². The lowest BCUT2D eigenvalue weighted by Gasteiger charge is -2.05. The Labute approximate surface area is 104 Å². The van der Waals surface area contributed by atoms with Gasteiger partial charge >= 0.3 is 0 Å². The number of aromatic nitrogens is 3. The zero-order valence-electron chi connectivity index (χ0n) is 9.89. The van der Waals surface area contributed by atoms with Gasteiger partial charge in [-0.2, -0.15) is 10.4 Å². The van der Waals surface area contributed by atoms with E-state index in [9.17, 15) is 4.39 Å². The molecule has 0 amide bonds. The summed E-state index contributed by atoms with van der Waals surface area (Å²) in [5.41, 5.74) is 0.689. The predicted octanol–water partition coefficient (Wildman–Crippen LogP) is 1.48. The maximum atomic E-state index is 13.3. The quantitative estimate of drug-likeness (QED) is 0.886. The highest BCUT2D eigenvalue weighted by Gasteiger charge is 2.03. The summed E-state index contributed by atoms with van der Waals surface area (Å²) < 4.78 is 14.9. The van der Waals surface area contributed by atoms with Crippen LogP contribution in [0.3, 0.4) is 0 Å². The van der Waals surface area contributed by atoms with Crippen LogP contribution >= 0.6 is 0 Å². The lowest BCUT2D eigenvalue weighted by Crippen LogP contribution is -2.06. The van der Waals surface area contributed by atoms with E-state index in [2.05, 4.69) is 15.4 Å². The zero-order valence-corrected chi connectivity index (χ0v) is 9.89. The summed E-state index contributed by atoms with van der Waals surface area (Å²) >= 11 is 0. The molecular weight excluding hydrogens is 233 g/mol. The van der Waals surface area contributed by atoms with Crippen molar-refractivity contribution in [1.29, 1.82) is 5.26 Å². The number of nitrogens with one attached hydrogen (secondary N) is 1. The Balaban J connectivity index is 1.91. The molecule has 0 unspecified atom stereocenters. The molecule has 0 saturated heterocycles. The van der Waals surface area contributed by atoms with Gasteiger partial charge in [-0.1, -0.05) is 0 Å². The van der Waals surface area contributed by atoms with Gasteiger partial charge in [-0.05, 0) is 18.2 Å². The number of anilines is 1.